The number of ether oxygens (including phenoxy) is 5. The van der Waals surface area contributed by atoms with E-state index in [1.165, 1.54) is 19.1 Å². The number of nitrogens with zero attached hydrogens (tertiary/aromatic N) is 1. The minimum atomic E-state index is -1.62. The molecule has 5 rings (SSSR count). The molecule has 40 heavy (non-hydrogen) atoms. The van der Waals surface area contributed by atoms with E-state index in [1.54, 1.807) is 51.5 Å². The molecule has 5 unspecified atom stereocenters. The number of hydrogen-bond donors (Lipinski definition) is 2. The van der Waals surface area contributed by atoms with Gasteiger partial charge in [-0.25, -0.2) is 0 Å². The molecule has 0 spiro atoms. The van der Waals surface area contributed by atoms with Crippen molar-refractivity contribution in [2.24, 2.45) is 5.92 Å². The molecule has 1 saturated carbocycles. The van der Waals surface area contributed by atoms with Gasteiger partial charge in [0.15, 0.2) is 22.7 Å². The van der Waals surface area contributed by atoms with Crippen molar-refractivity contribution >= 4 is 5.91 Å². The SMILES string of the molecule is CCOC12c3c(OC)cc(OC)cc3OC1(c1ccc(OC)c(O)c1)C(c1ccccc1)C(C(=O)N(C)C)C2O. The van der Waals surface area contributed by atoms with E-state index in [-0.39, 0.29) is 24.0 Å². The first-order valence-corrected chi connectivity index (χ1v) is 13.1. The van der Waals surface area contributed by atoms with E-state index in [0.29, 0.717) is 28.4 Å². The Kier molecular flexibility index (Phi) is 7.06. The van der Waals surface area contributed by atoms with Crippen molar-refractivity contribution in [1.82, 2.24) is 4.90 Å². The van der Waals surface area contributed by atoms with Gasteiger partial charge in [-0.15, -0.1) is 0 Å². The van der Waals surface area contributed by atoms with Crippen LogP contribution in [0.1, 0.15) is 29.5 Å². The maximum Gasteiger partial charge on any atom is 0.228 e. The van der Waals surface area contributed by atoms with Crippen LogP contribution >= 0.6 is 0 Å². The molecule has 5 atom stereocenters. The molecule has 9 heteroatoms. The Bertz CT molecular complexity index is 1410. The lowest BCUT2D eigenvalue weighted by Gasteiger charge is -2.43. The topological polar surface area (TPSA) is 107 Å². The fourth-order valence-corrected chi connectivity index (χ4v) is 6.62. The fraction of sp³-hybridized carbons (Fsp3) is 0.387. The number of phenolic OH excluding ortho intramolecular Hbond substituents is 1. The van der Waals surface area contributed by atoms with E-state index in [2.05, 4.69) is 0 Å². The molecular weight excluding hydrogens is 514 g/mol. The van der Waals surface area contributed by atoms with Crippen LogP contribution in [-0.2, 0) is 20.7 Å². The largest absolute Gasteiger partial charge is 0.504 e. The summed E-state index contributed by atoms with van der Waals surface area (Å²) < 4.78 is 30.4. The first-order valence-electron chi connectivity index (χ1n) is 13.1. The van der Waals surface area contributed by atoms with Gasteiger partial charge in [0, 0.05) is 44.3 Å². The third kappa shape index (κ3) is 3.64. The van der Waals surface area contributed by atoms with Crippen LogP contribution in [0, 0.1) is 5.92 Å². The van der Waals surface area contributed by atoms with E-state index < -0.39 is 29.1 Å². The first kappa shape index (κ1) is 27.6. The number of carbonyl (C=O) groups excluding carboxylic acids is 1. The van der Waals surface area contributed by atoms with Gasteiger partial charge in [-0.1, -0.05) is 36.4 Å². The number of aliphatic hydroxyl groups is 1. The van der Waals surface area contributed by atoms with Crippen LogP contribution in [0.3, 0.4) is 0 Å². The van der Waals surface area contributed by atoms with Gasteiger partial charge in [0.25, 0.3) is 0 Å². The highest BCUT2D eigenvalue weighted by molar-refractivity contribution is 5.83. The van der Waals surface area contributed by atoms with Crippen LogP contribution in [0.5, 0.6) is 28.7 Å². The van der Waals surface area contributed by atoms with Gasteiger partial charge in [-0.2, -0.15) is 0 Å². The molecule has 1 heterocycles. The van der Waals surface area contributed by atoms with Gasteiger partial charge in [-0.05, 0) is 24.6 Å². The lowest BCUT2D eigenvalue weighted by Crippen LogP contribution is -2.54. The summed E-state index contributed by atoms with van der Waals surface area (Å²) in [7, 11) is 7.84. The van der Waals surface area contributed by atoms with Gasteiger partial charge >= 0.3 is 0 Å². The van der Waals surface area contributed by atoms with Gasteiger partial charge in [0.2, 0.25) is 5.91 Å². The number of aliphatic hydroxyl groups excluding tert-OH is 1. The van der Waals surface area contributed by atoms with E-state index >= 15 is 0 Å². The Morgan fingerprint density at radius 2 is 1.68 bits per heavy atom. The number of fused-ring (bicyclic) bond motifs is 3. The Morgan fingerprint density at radius 3 is 2.25 bits per heavy atom. The van der Waals surface area contributed by atoms with E-state index in [4.69, 9.17) is 23.7 Å². The van der Waals surface area contributed by atoms with Crippen molar-refractivity contribution in [2.45, 2.75) is 30.1 Å². The smallest absolute Gasteiger partial charge is 0.228 e. The molecule has 1 fully saturated rings. The minimum absolute atomic E-state index is 0.118. The predicted octanol–water partition coefficient (Wildman–Crippen LogP) is 3.80. The standard InChI is InChI=1S/C31H35NO8/c1-7-39-31-27-23(38-6)16-20(36-4)17-24(27)40-30(31,19-13-14-22(37-5)21(33)15-19)26(18-11-9-8-10-12-18)25(28(31)34)29(35)32(2)3/h8-17,25-26,28,33-34H,7H2,1-6H3. The molecule has 212 valence electrons. The Morgan fingerprint density at radius 1 is 0.975 bits per heavy atom. The number of methoxy groups -OCH3 is 3. The van der Waals surface area contributed by atoms with E-state index in [0.717, 1.165) is 5.56 Å². The second kappa shape index (κ2) is 10.2. The molecule has 9 nitrogen and oxygen atoms in total. The van der Waals surface area contributed by atoms with Crippen LogP contribution in [0.2, 0.25) is 0 Å². The van der Waals surface area contributed by atoms with Crippen LogP contribution in [-0.4, -0.2) is 69.2 Å². The number of rotatable bonds is 8. The van der Waals surface area contributed by atoms with Crippen LogP contribution < -0.4 is 18.9 Å². The summed E-state index contributed by atoms with van der Waals surface area (Å²) in [4.78, 5) is 15.4. The lowest BCUT2D eigenvalue weighted by atomic mass is 9.70. The van der Waals surface area contributed by atoms with Gasteiger partial charge < -0.3 is 38.8 Å². The Hall–Kier alpha value is -3.95. The maximum atomic E-state index is 14.0. The number of phenols is 1. The summed E-state index contributed by atoms with van der Waals surface area (Å²) in [5, 5.41) is 23.4. The molecule has 3 aromatic rings. The molecule has 0 radical (unpaired) electrons. The molecule has 0 aromatic heterocycles. The third-order valence-electron chi connectivity index (χ3n) is 8.11. The van der Waals surface area contributed by atoms with E-state index in [9.17, 15) is 15.0 Å². The van der Waals surface area contributed by atoms with E-state index in [1.807, 2.05) is 37.3 Å². The minimum Gasteiger partial charge on any atom is -0.504 e. The highest BCUT2D eigenvalue weighted by atomic mass is 16.6. The summed E-state index contributed by atoms with van der Waals surface area (Å²) >= 11 is 0. The molecule has 0 saturated heterocycles. The van der Waals surface area contributed by atoms with Crippen molar-refractivity contribution in [3.63, 3.8) is 0 Å². The second-order valence-corrected chi connectivity index (χ2v) is 10.2. The summed E-state index contributed by atoms with van der Waals surface area (Å²) in [6.07, 6.45) is -1.37. The zero-order valence-electron chi connectivity index (χ0n) is 23.5. The lowest BCUT2D eigenvalue weighted by molar-refractivity contribution is -0.187. The van der Waals surface area contributed by atoms with Gasteiger partial charge in [0.1, 0.15) is 23.4 Å². The van der Waals surface area contributed by atoms with Gasteiger partial charge in [-0.3, -0.25) is 4.79 Å². The van der Waals surface area contributed by atoms with Crippen LogP contribution in [0.15, 0.2) is 60.7 Å². The maximum absolute atomic E-state index is 14.0. The molecule has 1 amide bonds. The molecule has 3 aromatic carbocycles. The summed E-state index contributed by atoms with van der Waals surface area (Å²) in [6, 6.07) is 17.8. The molecule has 0 bridgehead atoms. The third-order valence-corrected chi connectivity index (χ3v) is 8.11. The first-order chi connectivity index (χ1) is 19.2. The molecule has 2 N–H and O–H groups in total. The highest BCUT2D eigenvalue weighted by Gasteiger charge is 2.79. The van der Waals surface area contributed by atoms with Crippen molar-refractivity contribution in [1.29, 1.82) is 0 Å². The predicted molar refractivity (Wildman–Crippen MR) is 147 cm³/mol. The summed E-state index contributed by atoms with van der Waals surface area (Å²) in [5.41, 5.74) is -1.41. The van der Waals surface area contributed by atoms with Crippen molar-refractivity contribution in [3.05, 3.63) is 77.4 Å². The number of aromatic hydroxyl groups is 1. The van der Waals surface area contributed by atoms with Crippen LogP contribution in [0.4, 0.5) is 0 Å². The van der Waals surface area contributed by atoms with Crippen molar-refractivity contribution in [2.75, 3.05) is 42.0 Å². The monoisotopic (exact) mass is 549 g/mol. The number of carbonyl (C=O) groups is 1. The average molecular weight is 550 g/mol. The zero-order chi connectivity index (χ0) is 28.8. The number of amides is 1. The number of benzene rings is 3. The van der Waals surface area contributed by atoms with Crippen LogP contribution in [0.25, 0.3) is 0 Å². The Balaban J connectivity index is 1.95. The second-order valence-electron chi connectivity index (χ2n) is 10.2. The molecular formula is C31H35NO8. The van der Waals surface area contributed by atoms with Gasteiger partial charge in [0.05, 0.1) is 32.8 Å². The summed E-state index contributed by atoms with van der Waals surface area (Å²) in [6.45, 7) is 2.01. The number of hydrogen-bond acceptors (Lipinski definition) is 8. The fourth-order valence-electron chi connectivity index (χ4n) is 6.62. The van der Waals surface area contributed by atoms with Crippen molar-refractivity contribution in [3.8, 4) is 28.7 Å². The molecule has 2 aliphatic rings. The summed E-state index contributed by atoms with van der Waals surface area (Å²) in [5.74, 6) is -0.609. The average Bonchev–Trinajstić information content (AvgIpc) is 3.37. The quantitative estimate of drug-likeness (QED) is 0.437. The Labute approximate surface area is 233 Å². The van der Waals surface area contributed by atoms with Crippen molar-refractivity contribution < 1.29 is 38.7 Å². The molecule has 1 aliphatic carbocycles. The highest BCUT2D eigenvalue weighted by Crippen LogP contribution is 2.72. The zero-order valence-corrected chi connectivity index (χ0v) is 23.5. The normalized spacial score (nSPS) is 26.4. The molecule has 1 aliphatic heterocycles.